The van der Waals surface area contributed by atoms with Crippen LogP contribution in [-0.4, -0.2) is 24.1 Å². The molecule has 0 bridgehead atoms. The van der Waals surface area contributed by atoms with E-state index in [2.05, 4.69) is 24.5 Å². The molecule has 5 nitrogen and oxygen atoms in total. The number of esters is 1. The second-order valence-electron chi connectivity index (χ2n) is 9.19. The zero-order valence-corrected chi connectivity index (χ0v) is 16.7. The van der Waals surface area contributed by atoms with E-state index in [9.17, 15) is 14.0 Å². The molecular formula is C22H29FN2O3. The first-order valence-electron chi connectivity index (χ1n) is 10.3. The van der Waals surface area contributed by atoms with Crippen molar-refractivity contribution in [3.05, 3.63) is 30.1 Å². The van der Waals surface area contributed by atoms with Crippen molar-refractivity contribution in [3.8, 4) is 0 Å². The summed E-state index contributed by atoms with van der Waals surface area (Å²) in [7, 11) is 0. The maximum Gasteiger partial charge on any atom is 0.319 e. The fraction of sp³-hybridized carbons (Fsp3) is 0.636. The van der Waals surface area contributed by atoms with Gasteiger partial charge in [0, 0.05) is 23.6 Å². The molecule has 6 heteroatoms. The number of halogens is 1. The Hall–Kier alpha value is -2.11. The number of rotatable bonds is 2. The minimum Gasteiger partial charge on any atom is -0.462 e. The highest BCUT2D eigenvalue weighted by Crippen LogP contribution is 2.57. The quantitative estimate of drug-likeness (QED) is 0.741. The van der Waals surface area contributed by atoms with Crippen LogP contribution in [0.3, 0.4) is 0 Å². The van der Waals surface area contributed by atoms with E-state index < -0.39 is 0 Å². The van der Waals surface area contributed by atoms with Crippen LogP contribution < -0.4 is 10.6 Å². The summed E-state index contributed by atoms with van der Waals surface area (Å²) in [4.78, 5) is 24.7. The van der Waals surface area contributed by atoms with Crippen molar-refractivity contribution in [3.63, 3.8) is 0 Å². The average Bonchev–Trinajstić information content (AvgIpc) is 2.91. The Kier molecular flexibility index (Phi) is 4.84. The van der Waals surface area contributed by atoms with Crippen LogP contribution in [0.1, 0.15) is 46.5 Å². The third-order valence-electron chi connectivity index (χ3n) is 7.52. The first-order chi connectivity index (χ1) is 13.3. The number of anilines is 1. The number of carbonyl (C=O) groups excluding carboxylic acids is 2. The van der Waals surface area contributed by atoms with Gasteiger partial charge in [-0.2, -0.15) is 0 Å². The van der Waals surface area contributed by atoms with Crippen molar-refractivity contribution in [1.82, 2.24) is 5.32 Å². The molecule has 0 spiro atoms. The molecule has 2 N–H and O–H groups in total. The number of hydrogen-bond donors (Lipinski definition) is 2. The number of ether oxygens (including phenoxy) is 1. The normalized spacial score (nSPS) is 39.5. The average molecular weight is 388 g/mol. The van der Waals surface area contributed by atoms with Gasteiger partial charge in [-0.05, 0) is 55.2 Å². The summed E-state index contributed by atoms with van der Waals surface area (Å²) in [6.45, 7) is 6.45. The largest absolute Gasteiger partial charge is 0.462 e. The van der Waals surface area contributed by atoms with E-state index in [-0.39, 0.29) is 59.1 Å². The second kappa shape index (κ2) is 7.05. The van der Waals surface area contributed by atoms with E-state index >= 15 is 0 Å². The van der Waals surface area contributed by atoms with E-state index in [4.69, 9.17) is 4.74 Å². The highest BCUT2D eigenvalue weighted by molar-refractivity contribution is 5.89. The Labute approximate surface area is 165 Å². The lowest BCUT2D eigenvalue weighted by Gasteiger charge is -2.54. The molecule has 0 radical (unpaired) electrons. The number of amides is 2. The topological polar surface area (TPSA) is 67.4 Å². The lowest BCUT2D eigenvalue weighted by Crippen LogP contribution is -2.57. The first kappa shape index (κ1) is 19.2. The Morgan fingerprint density at radius 2 is 2.00 bits per heavy atom. The van der Waals surface area contributed by atoms with Crippen molar-refractivity contribution >= 4 is 17.7 Å². The van der Waals surface area contributed by atoms with E-state index in [1.165, 1.54) is 12.1 Å². The number of carbonyl (C=O) groups is 2. The van der Waals surface area contributed by atoms with Crippen LogP contribution in [0.5, 0.6) is 0 Å². The van der Waals surface area contributed by atoms with Gasteiger partial charge in [-0.1, -0.05) is 26.8 Å². The van der Waals surface area contributed by atoms with E-state index in [0.29, 0.717) is 5.69 Å². The van der Waals surface area contributed by atoms with E-state index in [0.717, 1.165) is 25.7 Å². The van der Waals surface area contributed by atoms with E-state index in [1.807, 2.05) is 6.92 Å². The molecule has 1 aromatic rings. The lowest BCUT2D eigenvalue weighted by atomic mass is 9.52. The zero-order chi connectivity index (χ0) is 20.1. The maximum atomic E-state index is 13.3. The van der Waals surface area contributed by atoms with Gasteiger partial charge in [0.15, 0.2) is 0 Å². The minimum atomic E-state index is -0.384. The van der Waals surface area contributed by atoms with Crippen LogP contribution in [0, 0.1) is 34.9 Å². The van der Waals surface area contributed by atoms with Gasteiger partial charge in [-0.15, -0.1) is 0 Å². The van der Waals surface area contributed by atoms with Crippen LogP contribution in [0.25, 0.3) is 0 Å². The molecule has 3 aliphatic rings. The molecular weight excluding hydrogens is 359 g/mol. The highest BCUT2D eigenvalue weighted by atomic mass is 19.1. The number of urea groups is 1. The molecule has 4 rings (SSSR count). The summed E-state index contributed by atoms with van der Waals surface area (Å²) in [5, 5.41) is 5.79. The molecule has 7 atom stereocenters. The second-order valence-corrected chi connectivity index (χ2v) is 9.19. The number of hydrogen-bond acceptors (Lipinski definition) is 3. The summed E-state index contributed by atoms with van der Waals surface area (Å²) in [5.41, 5.74) is 0.573. The van der Waals surface area contributed by atoms with Gasteiger partial charge in [0.25, 0.3) is 0 Å². The summed E-state index contributed by atoms with van der Waals surface area (Å²) >= 11 is 0. The molecule has 152 valence electrons. The van der Waals surface area contributed by atoms with Gasteiger partial charge >= 0.3 is 12.0 Å². The van der Waals surface area contributed by atoms with Gasteiger partial charge < -0.3 is 15.4 Å². The summed E-state index contributed by atoms with van der Waals surface area (Å²) in [6.07, 6.45) is 3.99. The molecule has 2 aliphatic carbocycles. The molecule has 2 amide bonds. The Morgan fingerprint density at radius 1 is 1.25 bits per heavy atom. The van der Waals surface area contributed by atoms with Crippen LogP contribution in [0.15, 0.2) is 24.3 Å². The van der Waals surface area contributed by atoms with Crippen molar-refractivity contribution in [2.75, 3.05) is 5.32 Å². The van der Waals surface area contributed by atoms with E-state index in [1.54, 1.807) is 12.1 Å². The standard InChI is InChI=1S/C22H29FN2O3/c1-12-16-7-9-22(3)10-8-17(13(2)18(22)19(16)28-20(12)26)25-21(27)24-15-6-4-5-14(23)11-15/h4-6,11-13,16-19H,7-10H2,1-3H3,(H2,24,25,27)/t12-,13+,16-,17-,18+,19-,22-/m0/s1. The summed E-state index contributed by atoms with van der Waals surface area (Å²) in [5.74, 6) is 0.228. The highest BCUT2D eigenvalue weighted by Gasteiger charge is 2.58. The molecule has 1 aliphatic heterocycles. The van der Waals surface area contributed by atoms with Crippen LogP contribution in [0.4, 0.5) is 14.9 Å². The predicted molar refractivity (Wildman–Crippen MR) is 104 cm³/mol. The first-order valence-corrected chi connectivity index (χ1v) is 10.3. The van der Waals surface area contributed by atoms with Crippen LogP contribution in [0.2, 0.25) is 0 Å². The maximum absolute atomic E-state index is 13.3. The van der Waals surface area contributed by atoms with Crippen LogP contribution >= 0.6 is 0 Å². The Balaban J connectivity index is 1.47. The number of nitrogens with one attached hydrogen (secondary N) is 2. The fourth-order valence-corrected chi connectivity index (χ4v) is 5.93. The predicted octanol–water partition coefficient (Wildman–Crippen LogP) is 4.34. The van der Waals surface area contributed by atoms with Crippen LogP contribution in [-0.2, 0) is 9.53 Å². The van der Waals surface area contributed by atoms with Gasteiger partial charge in [0.1, 0.15) is 11.9 Å². The van der Waals surface area contributed by atoms with Gasteiger partial charge in [-0.3, -0.25) is 4.79 Å². The molecule has 3 fully saturated rings. The van der Waals surface area contributed by atoms with Gasteiger partial charge in [-0.25, -0.2) is 9.18 Å². The fourth-order valence-electron chi connectivity index (χ4n) is 5.93. The van der Waals surface area contributed by atoms with Gasteiger partial charge in [0.2, 0.25) is 0 Å². The zero-order valence-electron chi connectivity index (χ0n) is 16.7. The smallest absolute Gasteiger partial charge is 0.319 e. The third-order valence-corrected chi connectivity index (χ3v) is 7.52. The van der Waals surface area contributed by atoms with Crippen molar-refractivity contribution in [2.45, 2.75) is 58.6 Å². The van der Waals surface area contributed by atoms with Crippen molar-refractivity contribution in [1.29, 1.82) is 0 Å². The monoisotopic (exact) mass is 388 g/mol. The molecule has 1 saturated heterocycles. The number of fused-ring (bicyclic) bond motifs is 3. The molecule has 0 unspecified atom stereocenters. The Bertz CT molecular complexity index is 785. The molecule has 0 aromatic heterocycles. The molecule has 1 heterocycles. The van der Waals surface area contributed by atoms with Crippen molar-refractivity contribution < 1.29 is 18.7 Å². The lowest BCUT2D eigenvalue weighted by molar-refractivity contribution is -0.153. The molecule has 28 heavy (non-hydrogen) atoms. The third kappa shape index (κ3) is 3.27. The minimum absolute atomic E-state index is 0.00000709. The molecule has 2 saturated carbocycles. The summed E-state index contributed by atoms with van der Waals surface area (Å²) < 4.78 is 19.2. The van der Waals surface area contributed by atoms with Crippen molar-refractivity contribution in [2.24, 2.45) is 29.1 Å². The van der Waals surface area contributed by atoms with Gasteiger partial charge in [0.05, 0.1) is 5.92 Å². The summed E-state index contributed by atoms with van der Waals surface area (Å²) in [6, 6.07) is 5.55. The molecule has 1 aromatic carbocycles. The Morgan fingerprint density at radius 3 is 2.75 bits per heavy atom. The number of benzene rings is 1. The SMILES string of the molecule is C[C@H]1[C@@H]2[C@H]3OC(=O)[C@@H](C)[C@@H]3CC[C@@]2(C)CC[C@@H]1NC(=O)Nc1cccc(F)c1.